The maximum absolute atomic E-state index is 10.2. The minimum absolute atomic E-state index is 0.236. The third-order valence-electron chi connectivity index (χ3n) is 2.16. The van der Waals surface area contributed by atoms with Gasteiger partial charge in [0.2, 0.25) is 6.79 Å². The van der Waals surface area contributed by atoms with Crippen molar-refractivity contribution < 1.29 is 24.1 Å². The maximum atomic E-state index is 10.2. The Balaban J connectivity index is 1.81. The van der Waals surface area contributed by atoms with Crippen LogP contribution >= 0.6 is 0 Å². The van der Waals surface area contributed by atoms with Gasteiger partial charge in [0.05, 0.1) is 6.61 Å². The van der Waals surface area contributed by atoms with Crippen molar-refractivity contribution in [1.29, 1.82) is 0 Å². The predicted molar refractivity (Wildman–Crippen MR) is 59.5 cm³/mol. The maximum Gasteiger partial charge on any atom is 0.327 e. The van der Waals surface area contributed by atoms with Crippen LogP contribution in [0.1, 0.15) is 6.42 Å². The molecule has 0 unspecified atom stereocenters. The minimum Gasteiger partial charge on any atom is -0.493 e. The number of benzene rings is 1. The summed E-state index contributed by atoms with van der Waals surface area (Å²) in [5.41, 5.74) is 0. The van der Waals surface area contributed by atoms with Crippen molar-refractivity contribution in [2.75, 3.05) is 13.4 Å². The molecule has 1 aromatic carbocycles. The molecule has 0 spiro atoms. The largest absolute Gasteiger partial charge is 0.493 e. The number of ether oxygens (including phenoxy) is 3. The Kier molecular flexibility index (Phi) is 3.49. The number of carboxylic acids is 1. The summed E-state index contributed by atoms with van der Waals surface area (Å²) in [6.45, 7) is 0.656. The number of fused-ring (bicyclic) bond motifs is 1. The summed E-state index contributed by atoms with van der Waals surface area (Å²) in [5.74, 6) is 1.11. The lowest BCUT2D eigenvalue weighted by atomic mass is 10.3. The molecule has 5 nitrogen and oxygen atoms in total. The van der Waals surface area contributed by atoms with Crippen LogP contribution in [0.25, 0.3) is 0 Å². The second-order valence-corrected chi connectivity index (χ2v) is 3.39. The highest BCUT2D eigenvalue weighted by atomic mass is 16.7. The first kappa shape index (κ1) is 11.3. The first-order valence-corrected chi connectivity index (χ1v) is 5.17. The first-order valence-electron chi connectivity index (χ1n) is 5.17. The van der Waals surface area contributed by atoms with Crippen molar-refractivity contribution in [3.8, 4) is 17.2 Å². The van der Waals surface area contributed by atoms with E-state index in [1.54, 1.807) is 24.3 Å². The van der Waals surface area contributed by atoms with Crippen molar-refractivity contribution in [2.45, 2.75) is 6.42 Å². The Morgan fingerprint density at radius 1 is 1.41 bits per heavy atom. The molecule has 1 N–H and O–H groups in total. The molecule has 17 heavy (non-hydrogen) atoms. The Morgan fingerprint density at radius 3 is 3.06 bits per heavy atom. The fraction of sp³-hybridized carbons (Fsp3) is 0.250. The van der Waals surface area contributed by atoms with Gasteiger partial charge in [0, 0.05) is 12.1 Å². The van der Waals surface area contributed by atoms with Gasteiger partial charge in [-0.15, -0.1) is 0 Å². The molecule has 0 fully saturated rings. The lowest BCUT2D eigenvalue weighted by Crippen LogP contribution is -1.96. The third kappa shape index (κ3) is 3.14. The van der Waals surface area contributed by atoms with Gasteiger partial charge in [-0.2, -0.15) is 0 Å². The number of hydrogen-bond donors (Lipinski definition) is 1. The average Bonchev–Trinajstić information content (AvgIpc) is 2.75. The molecule has 1 aromatic rings. The summed E-state index contributed by atoms with van der Waals surface area (Å²) >= 11 is 0. The number of aliphatic carboxylic acids is 1. The molecule has 1 aliphatic heterocycles. The van der Waals surface area contributed by atoms with Gasteiger partial charge in [-0.25, -0.2) is 4.79 Å². The molecular formula is C12H12O5. The fourth-order valence-corrected chi connectivity index (χ4v) is 1.40. The lowest BCUT2D eigenvalue weighted by molar-refractivity contribution is -0.131. The normalized spacial score (nSPS) is 12.9. The quantitative estimate of drug-likeness (QED) is 0.624. The van der Waals surface area contributed by atoms with Crippen LogP contribution in [0.5, 0.6) is 17.2 Å². The first-order chi connectivity index (χ1) is 8.25. The standard InChI is InChI=1S/C12H12O5/c13-12(14)3-1-2-6-15-9-4-5-10-11(7-9)17-8-16-10/h1,3-5,7H,2,6,8H2,(H,13,14)/b3-1+. The van der Waals surface area contributed by atoms with E-state index in [2.05, 4.69) is 0 Å². The van der Waals surface area contributed by atoms with Crippen molar-refractivity contribution >= 4 is 5.97 Å². The van der Waals surface area contributed by atoms with Crippen molar-refractivity contribution in [1.82, 2.24) is 0 Å². The summed E-state index contributed by atoms with van der Waals surface area (Å²) < 4.78 is 15.8. The molecule has 0 aromatic heterocycles. The summed E-state index contributed by atoms with van der Waals surface area (Å²) in [7, 11) is 0. The number of rotatable bonds is 5. The molecule has 0 bridgehead atoms. The van der Waals surface area contributed by atoms with Gasteiger partial charge < -0.3 is 19.3 Å². The molecule has 0 saturated heterocycles. The zero-order valence-corrected chi connectivity index (χ0v) is 9.09. The van der Waals surface area contributed by atoms with E-state index in [0.717, 1.165) is 6.08 Å². The van der Waals surface area contributed by atoms with Crippen LogP contribution < -0.4 is 14.2 Å². The molecule has 1 heterocycles. The lowest BCUT2D eigenvalue weighted by Gasteiger charge is -2.04. The Hall–Kier alpha value is -2.17. The van der Waals surface area contributed by atoms with E-state index < -0.39 is 5.97 Å². The highest BCUT2D eigenvalue weighted by Crippen LogP contribution is 2.35. The Labute approximate surface area is 98.2 Å². The zero-order valence-electron chi connectivity index (χ0n) is 9.09. The van der Waals surface area contributed by atoms with Crippen molar-refractivity contribution in [2.24, 2.45) is 0 Å². The van der Waals surface area contributed by atoms with E-state index in [0.29, 0.717) is 30.3 Å². The van der Waals surface area contributed by atoms with Gasteiger partial charge in [0.25, 0.3) is 0 Å². The molecule has 1 aliphatic rings. The highest BCUT2D eigenvalue weighted by molar-refractivity contribution is 5.79. The van der Waals surface area contributed by atoms with E-state index in [1.807, 2.05) is 0 Å². The fourth-order valence-electron chi connectivity index (χ4n) is 1.40. The molecule has 2 rings (SSSR count). The van der Waals surface area contributed by atoms with Gasteiger partial charge in [-0.05, 0) is 18.6 Å². The SMILES string of the molecule is O=C(O)/C=C/CCOc1ccc2c(c1)OCO2. The smallest absolute Gasteiger partial charge is 0.327 e. The molecule has 0 atom stereocenters. The van der Waals surface area contributed by atoms with E-state index in [1.165, 1.54) is 0 Å². The van der Waals surface area contributed by atoms with Crippen LogP contribution in [0.4, 0.5) is 0 Å². The van der Waals surface area contributed by atoms with Crippen LogP contribution in [-0.2, 0) is 4.79 Å². The van der Waals surface area contributed by atoms with E-state index >= 15 is 0 Å². The van der Waals surface area contributed by atoms with Gasteiger partial charge in [0.15, 0.2) is 11.5 Å². The minimum atomic E-state index is -0.951. The predicted octanol–water partition coefficient (Wildman–Crippen LogP) is 1.82. The van der Waals surface area contributed by atoms with Gasteiger partial charge >= 0.3 is 5.97 Å². The zero-order chi connectivity index (χ0) is 12.1. The van der Waals surface area contributed by atoms with Crippen LogP contribution in [0.15, 0.2) is 30.4 Å². The molecule has 0 saturated carbocycles. The third-order valence-corrected chi connectivity index (χ3v) is 2.16. The second-order valence-electron chi connectivity index (χ2n) is 3.39. The molecule has 0 radical (unpaired) electrons. The van der Waals surface area contributed by atoms with Crippen molar-refractivity contribution in [3.05, 3.63) is 30.4 Å². The molecule has 0 amide bonds. The Bertz CT molecular complexity index is 439. The average molecular weight is 236 g/mol. The molecule has 90 valence electrons. The summed E-state index contributed by atoms with van der Waals surface area (Å²) in [5, 5.41) is 8.38. The topological polar surface area (TPSA) is 65.0 Å². The monoisotopic (exact) mass is 236 g/mol. The summed E-state index contributed by atoms with van der Waals surface area (Å²) in [6, 6.07) is 5.32. The second kappa shape index (κ2) is 5.25. The highest BCUT2D eigenvalue weighted by Gasteiger charge is 2.13. The molecular weight excluding hydrogens is 224 g/mol. The summed E-state index contributed by atoms with van der Waals surface area (Å²) in [6.07, 6.45) is 3.19. The van der Waals surface area contributed by atoms with Gasteiger partial charge in [-0.3, -0.25) is 0 Å². The van der Waals surface area contributed by atoms with E-state index in [4.69, 9.17) is 19.3 Å². The Morgan fingerprint density at radius 2 is 2.24 bits per heavy atom. The molecule has 5 heteroatoms. The van der Waals surface area contributed by atoms with Crippen LogP contribution in [0.2, 0.25) is 0 Å². The number of carboxylic acid groups (broad SMARTS) is 1. The van der Waals surface area contributed by atoms with Gasteiger partial charge in [0.1, 0.15) is 5.75 Å². The van der Waals surface area contributed by atoms with E-state index in [-0.39, 0.29) is 6.79 Å². The van der Waals surface area contributed by atoms with Crippen LogP contribution in [0, 0.1) is 0 Å². The van der Waals surface area contributed by atoms with Gasteiger partial charge in [-0.1, -0.05) is 6.08 Å². The van der Waals surface area contributed by atoms with Crippen LogP contribution in [-0.4, -0.2) is 24.5 Å². The summed E-state index contributed by atoms with van der Waals surface area (Å²) in [4.78, 5) is 10.2. The molecule has 0 aliphatic carbocycles. The van der Waals surface area contributed by atoms with Crippen molar-refractivity contribution in [3.63, 3.8) is 0 Å². The van der Waals surface area contributed by atoms with Crippen LogP contribution in [0.3, 0.4) is 0 Å². The number of hydrogen-bond acceptors (Lipinski definition) is 4. The number of carbonyl (C=O) groups is 1. The van der Waals surface area contributed by atoms with E-state index in [9.17, 15) is 4.79 Å².